The van der Waals surface area contributed by atoms with Crippen LogP contribution in [0, 0.1) is 0 Å². The topological polar surface area (TPSA) is 89.5 Å². The second-order valence-corrected chi connectivity index (χ2v) is 6.28. The van der Waals surface area contributed by atoms with Crippen LogP contribution in [0.2, 0.25) is 0 Å². The van der Waals surface area contributed by atoms with Crippen LogP contribution in [0.5, 0.6) is 11.5 Å². The maximum atomic E-state index is 12.1. The van der Waals surface area contributed by atoms with Crippen molar-refractivity contribution in [1.29, 1.82) is 0 Å². The van der Waals surface area contributed by atoms with E-state index in [9.17, 15) is 9.59 Å². The number of nitrogens with zero attached hydrogens (tertiary/aromatic N) is 2. The van der Waals surface area contributed by atoms with E-state index in [-0.39, 0.29) is 18.4 Å². The molecule has 1 N–H and O–H groups in total. The van der Waals surface area contributed by atoms with Gasteiger partial charge in [-0.05, 0) is 54.1 Å². The van der Waals surface area contributed by atoms with Gasteiger partial charge in [0.1, 0.15) is 11.5 Å². The first-order valence-electron chi connectivity index (χ1n) is 9.21. The Labute approximate surface area is 169 Å². The van der Waals surface area contributed by atoms with Gasteiger partial charge < -0.3 is 19.1 Å². The molecule has 2 amide bonds. The average molecular weight is 397 g/mol. The van der Waals surface area contributed by atoms with Crippen LogP contribution >= 0.6 is 0 Å². The zero-order chi connectivity index (χ0) is 20.5. The molecule has 0 unspecified atom stereocenters. The van der Waals surface area contributed by atoms with E-state index in [2.05, 4.69) is 10.5 Å². The van der Waals surface area contributed by atoms with E-state index in [1.807, 2.05) is 0 Å². The minimum atomic E-state index is -0.314. The summed E-state index contributed by atoms with van der Waals surface area (Å²) in [7, 11) is 1.57. The number of carbonyl (C=O) groups is 2. The van der Waals surface area contributed by atoms with Crippen LogP contribution in [0.1, 0.15) is 15.9 Å². The van der Waals surface area contributed by atoms with Gasteiger partial charge in [-0.1, -0.05) is 0 Å². The summed E-state index contributed by atoms with van der Waals surface area (Å²) in [6.07, 6.45) is 1.53. The largest absolute Gasteiger partial charge is 0.497 e. The maximum Gasteiger partial charge on any atom is 0.271 e. The van der Waals surface area contributed by atoms with Crippen molar-refractivity contribution in [3.8, 4) is 11.5 Å². The Balaban J connectivity index is 1.45. The van der Waals surface area contributed by atoms with Crippen molar-refractivity contribution < 1.29 is 23.8 Å². The molecule has 29 heavy (non-hydrogen) atoms. The Morgan fingerprint density at radius 3 is 2.38 bits per heavy atom. The van der Waals surface area contributed by atoms with Crippen LogP contribution in [0.25, 0.3) is 0 Å². The molecule has 0 atom stereocenters. The summed E-state index contributed by atoms with van der Waals surface area (Å²) in [5.41, 5.74) is 3.74. The molecular formula is C21H23N3O5. The second-order valence-electron chi connectivity index (χ2n) is 6.28. The van der Waals surface area contributed by atoms with Crippen LogP contribution in [-0.4, -0.2) is 62.9 Å². The maximum absolute atomic E-state index is 12.1. The summed E-state index contributed by atoms with van der Waals surface area (Å²) in [6, 6.07) is 13.8. The normalized spacial score (nSPS) is 13.9. The number of hydrogen-bond donors (Lipinski definition) is 1. The molecule has 1 aliphatic rings. The number of hydrazone groups is 1. The number of methoxy groups -OCH3 is 1. The van der Waals surface area contributed by atoms with Gasteiger partial charge in [-0.15, -0.1) is 0 Å². The fraction of sp³-hybridized carbons (Fsp3) is 0.286. The zero-order valence-electron chi connectivity index (χ0n) is 16.2. The number of carbonyl (C=O) groups excluding carboxylic acids is 2. The van der Waals surface area contributed by atoms with Gasteiger partial charge in [0.15, 0.2) is 6.61 Å². The number of benzene rings is 2. The lowest BCUT2D eigenvalue weighted by Crippen LogP contribution is -2.42. The summed E-state index contributed by atoms with van der Waals surface area (Å²) in [5.74, 6) is 0.899. The number of ether oxygens (including phenoxy) is 3. The highest BCUT2D eigenvalue weighted by Crippen LogP contribution is 2.12. The molecule has 8 nitrogen and oxygen atoms in total. The van der Waals surface area contributed by atoms with E-state index in [1.54, 1.807) is 60.5 Å². The van der Waals surface area contributed by atoms with Crippen LogP contribution in [0.15, 0.2) is 53.6 Å². The van der Waals surface area contributed by atoms with Gasteiger partial charge in [0.2, 0.25) is 0 Å². The monoisotopic (exact) mass is 397 g/mol. The predicted octanol–water partition coefficient (Wildman–Crippen LogP) is 1.70. The Hall–Kier alpha value is -3.39. The molecule has 0 aliphatic carbocycles. The number of nitrogens with one attached hydrogen (secondary N) is 1. The van der Waals surface area contributed by atoms with Crippen LogP contribution < -0.4 is 14.9 Å². The van der Waals surface area contributed by atoms with Crippen LogP contribution in [-0.2, 0) is 9.53 Å². The van der Waals surface area contributed by atoms with Gasteiger partial charge in [-0.3, -0.25) is 9.59 Å². The Kier molecular flexibility index (Phi) is 7.18. The number of morpholine rings is 1. The molecule has 2 aromatic rings. The molecular weight excluding hydrogens is 374 g/mol. The van der Waals surface area contributed by atoms with Gasteiger partial charge >= 0.3 is 0 Å². The van der Waals surface area contributed by atoms with Crippen LogP contribution in [0.3, 0.4) is 0 Å². The Bertz CT molecular complexity index is 844. The quantitative estimate of drug-likeness (QED) is 0.567. The third-order valence-electron chi connectivity index (χ3n) is 4.34. The Morgan fingerprint density at radius 2 is 1.72 bits per heavy atom. The standard InChI is InChI=1S/C21H23N3O5/c1-27-18-8-4-17(5-9-18)21(26)23-22-14-16-2-6-19(7-3-16)29-15-20(25)24-10-12-28-13-11-24/h2-9,14H,10-13,15H2,1H3,(H,23,26)/b22-14-. The van der Waals surface area contributed by atoms with E-state index < -0.39 is 0 Å². The van der Waals surface area contributed by atoms with Crippen molar-refractivity contribution in [2.75, 3.05) is 40.0 Å². The summed E-state index contributed by atoms with van der Waals surface area (Å²) in [6.45, 7) is 2.31. The predicted molar refractivity (Wildman–Crippen MR) is 107 cm³/mol. The number of amides is 2. The van der Waals surface area contributed by atoms with Gasteiger partial charge in [-0.2, -0.15) is 5.10 Å². The van der Waals surface area contributed by atoms with E-state index in [0.29, 0.717) is 43.4 Å². The summed E-state index contributed by atoms with van der Waals surface area (Å²) in [4.78, 5) is 25.8. The molecule has 0 spiro atoms. The van der Waals surface area contributed by atoms with Crippen molar-refractivity contribution in [3.63, 3.8) is 0 Å². The molecule has 3 rings (SSSR count). The smallest absolute Gasteiger partial charge is 0.271 e. The summed E-state index contributed by atoms with van der Waals surface area (Å²) in [5, 5.41) is 3.96. The van der Waals surface area contributed by atoms with Gasteiger partial charge in [0.05, 0.1) is 26.5 Å². The Morgan fingerprint density at radius 1 is 1.07 bits per heavy atom. The SMILES string of the molecule is COc1ccc(C(=O)N/N=C\c2ccc(OCC(=O)N3CCOCC3)cc2)cc1. The van der Waals surface area contributed by atoms with Crippen molar-refractivity contribution in [1.82, 2.24) is 10.3 Å². The third-order valence-corrected chi connectivity index (χ3v) is 4.34. The molecule has 0 aromatic heterocycles. The highest BCUT2D eigenvalue weighted by atomic mass is 16.5. The number of rotatable bonds is 7. The van der Waals surface area contributed by atoms with E-state index in [1.165, 1.54) is 6.21 Å². The summed E-state index contributed by atoms with van der Waals surface area (Å²) < 4.78 is 15.8. The number of hydrogen-bond acceptors (Lipinski definition) is 6. The minimum absolute atomic E-state index is 0.00858. The molecule has 1 fully saturated rings. The molecule has 0 saturated carbocycles. The van der Waals surface area contributed by atoms with Crippen LogP contribution in [0.4, 0.5) is 0 Å². The molecule has 2 aromatic carbocycles. The molecule has 8 heteroatoms. The van der Waals surface area contributed by atoms with Gasteiger partial charge in [0, 0.05) is 18.7 Å². The second kappa shape index (κ2) is 10.2. The van der Waals surface area contributed by atoms with E-state index in [0.717, 1.165) is 5.56 Å². The molecule has 1 aliphatic heterocycles. The molecule has 0 bridgehead atoms. The fourth-order valence-corrected chi connectivity index (χ4v) is 2.67. The highest BCUT2D eigenvalue weighted by molar-refractivity contribution is 5.95. The zero-order valence-corrected chi connectivity index (χ0v) is 16.2. The van der Waals surface area contributed by atoms with Crippen molar-refractivity contribution in [2.45, 2.75) is 0 Å². The van der Waals surface area contributed by atoms with E-state index in [4.69, 9.17) is 14.2 Å². The first kappa shape index (κ1) is 20.3. The van der Waals surface area contributed by atoms with Crippen molar-refractivity contribution >= 4 is 18.0 Å². The van der Waals surface area contributed by atoms with E-state index >= 15 is 0 Å². The third kappa shape index (κ3) is 6.05. The molecule has 152 valence electrons. The minimum Gasteiger partial charge on any atom is -0.497 e. The lowest BCUT2D eigenvalue weighted by atomic mass is 10.2. The van der Waals surface area contributed by atoms with Gasteiger partial charge in [-0.25, -0.2) is 5.43 Å². The molecule has 1 saturated heterocycles. The molecule has 1 heterocycles. The first-order chi connectivity index (χ1) is 14.2. The lowest BCUT2D eigenvalue weighted by Gasteiger charge is -2.26. The fourth-order valence-electron chi connectivity index (χ4n) is 2.67. The van der Waals surface area contributed by atoms with Gasteiger partial charge in [0.25, 0.3) is 11.8 Å². The average Bonchev–Trinajstić information content (AvgIpc) is 2.79. The highest BCUT2D eigenvalue weighted by Gasteiger charge is 2.17. The van der Waals surface area contributed by atoms with Crippen molar-refractivity contribution in [3.05, 3.63) is 59.7 Å². The molecule has 0 radical (unpaired) electrons. The van der Waals surface area contributed by atoms with Crippen molar-refractivity contribution in [2.24, 2.45) is 5.10 Å². The first-order valence-corrected chi connectivity index (χ1v) is 9.21. The summed E-state index contributed by atoms with van der Waals surface area (Å²) >= 11 is 0. The lowest BCUT2D eigenvalue weighted by molar-refractivity contribution is -0.137.